The van der Waals surface area contributed by atoms with E-state index in [1.807, 2.05) is 0 Å². The third kappa shape index (κ3) is 3.04. The molecule has 1 aromatic rings. The molecule has 0 aliphatic carbocycles. The Kier molecular flexibility index (Phi) is 4.08. The number of piperidine rings is 1. The molecule has 0 bridgehead atoms. The molecule has 1 atom stereocenters. The molecular weight excluding hydrogens is 252 g/mol. The zero-order valence-electron chi connectivity index (χ0n) is 12.2. The number of nitrogens with zero attached hydrogens (tertiary/aromatic N) is 1. The molecule has 2 aliphatic heterocycles. The van der Waals surface area contributed by atoms with Crippen LogP contribution in [0.2, 0.25) is 0 Å². The van der Waals surface area contributed by atoms with Crippen LogP contribution in [0, 0.1) is 6.92 Å². The summed E-state index contributed by atoms with van der Waals surface area (Å²) in [4.78, 5) is 2.47. The molecule has 0 radical (unpaired) electrons. The number of nitrogens with two attached hydrogens (primary N) is 1. The van der Waals surface area contributed by atoms with Crippen molar-refractivity contribution < 1.29 is 9.47 Å². The quantitative estimate of drug-likeness (QED) is 0.912. The van der Waals surface area contributed by atoms with Crippen LogP contribution in [-0.2, 0) is 16.0 Å². The lowest BCUT2D eigenvalue weighted by Gasteiger charge is -2.38. The highest BCUT2D eigenvalue weighted by atomic mass is 16.7. The highest BCUT2D eigenvalue weighted by molar-refractivity contribution is 5.22. The molecule has 0 aromatic heterocycles. The van der Waals surface area contributed by atoms with Crippen molar-refractivity contribution in [2.24, 2.45) is 5.73 Å². The standard InChI is InChI=1S/C16H24N2O2/c1-13-3-2-4-14(9-13)11-18-7-5-16(6-8-18)19-12-15(10-17)20-16/h2-4,9,15H,5-8,10-12,17H2,1H3. The summed E-state index contributed by atoms with van der Waals surface area (Å²) in [5.74, 6) is -0.354. The highest BCUT2D eigenvalue weighted by Gasteiger charge is 2.43. The van der Waals surface area contributed by atoms with Crippen molar-refractivity contribution in [3.8, 4) is 0 Å². The Morgan fingerprint density at radius 3 is 2.80 bits per heavy atom. The molecule has 4 heteroatoms. The lowest BCUT2D eigenvalue weighted by Crippen LogP contribution is -2.45. The number of likely N-dealkylation sites (tertiary alicyclic amines) is 1. The van der Waals surface area contributed by atoms with E-state index in [1.54, 1.807) is 0 Å². The summed E-state index contributed by atoms with van der Waals surface area (Å²) >= 11 is 0. The Bertz CT molecular complexity index is 456. The molecule has 110 valence electrons. The summed E-state index contributed by atoms with van der Waals surface area (Å²) in [7, 11) is 0. The Balaban J connectivity index is 1.54. The van der Waals surface area contributed by atoms with E-state index in [4.69, 9.17) is 15.2 Å². The van der Waals surface area contributed by atoms with Crippen molar-refractivity contribution in [3.05, 3.63) is 35.4 Å². The zero-order chi connectivity index (χ0) is 14.0. The van der Waals surface area contributed by atoms with E-state index < -0.39 is 0 Å². The third-order valence-corrected chi connectivity index (χ3v) is 4.28. The fourth-order valence-corrected chi connectivity index (χ4v) is 3.12. The summed E-state index contributed by atoms with van der Waals surface area (Å²) in [5.41, 5.74) is 8.36. The first-order chi connectivity index (χ1) is 9.69. The minimum Gasteiger partial charge on any atom is -0.347 e. The van der Waals surface area contributed by atoms with Crippen LogP contribution in [0.1, 0.15) is 24.0 Å². The molecule has 1 spiro atoms. The molecular formula is C16H24N2O2. The van der Waals surface area contributed by atoms with Crippen molar-refractivity contribution in [2.45, 2.75) is 38.2 Å². The van der Waals surface area contributed by atoms with Gasteiger partial charge in [-0.1, -0.05) is 29.8 Å². The van der Waals surface area contributed by atoms with Gasteiger partial charge < -0.3 is 15.2 Å². The summed E-state index contributed by atoms with van der Waals surface area (Å²) in [6.07, 6.45) is 1.96. The van der Waals surface area contributed by atoms with Gasteiger partial charge in [-0.25, -0.2) is 0 Å². The van der Waals surface area contributed by atoms with Gasteiger partial charge in [-0.05, 0) is 12.5 Å². The van der Waals surface area contributed by atoms with E-state index in [1.165, 1.54) is 11.1 Å². The van der Waals surface area contributed by atoms with Crippen LogP contribution in [0.25, 0.3) is 0 Å². The molecule has 1 unspecified atom stereocenters. The smallest absolute Gasteiger partial charge is 0.171 e. The van der Waals surface area contributed by atoms with Crippen LogP contribution in [0.5, 0.6) is 0 Å². The maximum absolute atomic E-state index is 5.98. The third-order valence-electron chi connectivity index (χ3n) is 4.28. The molecule has 2 fully saturated rings. The van der Waals surface area contributed by atoms with Crippen molar-refractivity contribution in [3.63, 3.8) is 0 Å². The number of ether oxygens (including phenoxy) is 2. The van der Waals surface area contributed by atoms with E-state index in [0.29, 0.717) is 13.2 Å². The minimum atomic E-state index is -0.354. The normalized spacial score (nSPS) is 26.2. The van der Waals surface area contributed by atoms with E-state index in [0.717, 1.165) is 32.5 Å². The molecule has 2 heterocycles. The van der Waals surface area contributed by atoms with Gasteiger partial charge in [0.15, 0.2) is 5.79 Å². The second-order valence-corrected chi connectivity index (χ2v) is 5.96. The number of benzene rings is 1. The monoisotopic (exact) mass is 276 g/mol. The Morgan fingerprint density at radius 1 is 1.35 bits per heavy atom. The molecule has 2 N–H and O–H groups in total. The highest BCUT2D eigenvalue weighted by Crippen LogP contribution is 2.34. The SMILES string of the molecule is Cc1cccc(CN2CCC3(CC2)OCC(CN)O3)c1. The number of hydrogen-bond acceptors (Lipinski definition) is 4. The first kappa shape index (κ1) is 14.0. The lowest BCUT2D eigenvalue weighted by atomic mass is 10.0. The summed E-state index contributed by atoms with van der Waals surface area (Å²) < 4.78 is 11.9. The summed E-state index contributed by atoms with van der Waals surface area (Å²) in [6, 6.07) is 8.73. The van der Waals surface area contributed by atoms with Crippen molar-refractivity contribution in [1.29, 1.82) is 0 Å². The minimum absolute atomic E-state index is 0.0818. The number of hydrogen-bond donors (Lipinski definition) is 1. The van der Waals surface area contributed by atoms with Crippen LogP contribution in [0.4, 0.5) is 0 Å². The fraction of sp³-hybridized carbons (Fsp3) is 0.625. The predicted octanol–water partition coefficient (Wildman–Crippen LogP) is 1.66. The topological polar surface area (TPSA) is 47.7 Å². The predicted molar refractivity (Wildman–Crippen MR) is 78.3 cm³/mol. The molecule has 20 heavy (non-hydrogen) atoms. The summed E-state index contributed by atoms with van der Waals surface area (Å²) in [6.45, 7) is 6.39. The van der Waals surface area contributed by atoms with Crippen LogP contribution < -0.4 is 5.73 Å². The maximum atomic E-state index is 5.98. The van der Waals surface area contributed by atoms with E-state index >= 15 is 0 Å². The van der Waals surface area contributed by atoms with E-state index in [2.05, 4.69) is 36.1 Å². The lowest BCUT2D eigenvalue weighted by molar-refractivity contribution is -0.194. The number of rotatable bonds is 3. The molecule has 2 aliphatic rings. The molecule has 1 aromatic carbocycles. The van der Waals surface area contributed by atoms with Crippen LogP contribution in [0.3, 0.4) is 0 Å². The van der Waals surface area contributed by atoms with Gasteiger partial charge in [0.25, 0.3) is 0 Å². The first-order valence-electron chi connectivity index (χ1n) is 7.49. The molecule has 3 rings (SSSR count). The Labute approximate surface area is 120 Å². The Morgan fingerprint density at radius 2 is 2.15 bits per heavy atom. The van der Waals surface area contributed by atoms with Crippen LogP contribution >= 0.6 is 0 Å². The van der Waals surface area contributed by atoms with Crippen molar-refractivity contribution in [2.75, 3.05) is 26.2 Å². The molecule has 0 saturated carbocycles. The van der Waals surface area contributed by atoms with Gasteiger partial charge in [-0.2, -0.15) is 0 Å². The van der Waals surface area contributed by atoms with Gasteiger partial charge in [-0.15, -0.1) is 0 Å². The summed E-state index contributed by atoms with van der Waals surface area (Å²) in [5, 5.41) is 0. The van der Waals surface area contributed by atoms with Crippen molar-refractivity contribution in [1.82, 2.24) is 4.90 Å². The molecule has 4 nitrogen and oxygen atoms in total. The fourth-order valence-electron chi connectivity index (χ4n) is 3.12. The van der Waals surface area contributed by atoms with Crippen molar-refractivity contribution >= 4 is 0 Å². The van der Waals surface area contributed by atoms with Gasteiger partial charge in [-0.3, -0.25) is 4.90 Å². The van der Waals surface area contributed by atoms with Crippen LogP contribution in [-0.4, -0.2) is 43.0 Å². The molecule has 2 saturated heterocycles. The van der Waals surface area contributed by atoms with E-state index in [9.17, 15) is 0 Å². The average Bonchev–Trinajstić information content (AvgIpc) is 2.85. The first-order valence-corrected chi connectivity index (χ1v) is 7.49. The zero-order valence-corrected chi connectivity index (χ0v) is 12.2. The molecule has 0 amide bonds. The maximum Gasteiger partial charge on any atom is 0.171 e. The Hall–Kier alpha value is -0.940. The second kappa shape index (κ2) is 5.82. The largest absolute Gasteiger partial charge is 0.347 e. The second-order valence-electron chi connectivity index (χ2n) is 5.96. The van der Waals surface area contributed by atoms with Gasteiger partial charge >= 0.3 is 0 Å². The van der Waals surface area contributed by atoms with Gasteiger partial charge in [0.1, 0.15) is 0 Å². The average molecular weight is 276 g/mol. The van der Waals surface area contributed by atoms with Gasteiger partial charge in [0.05, 0.1) is 12.7 Å². The van der Waals surface area contributed by atoms with Crippen LogP contribution in [0.15, 0.2) is 24.3 Å². The van der Waals surface area contributed by atoms with Gasteiger partial charge in [0, 0.05) is 39.0 Å². The van der Waals surface area contributed by atoms with Gasteiger partial charge in [0.2, 0.25) is 0 Å². The van der Waals surface area contributed by atoms with E-state index in [-0.39, 0.29) is 11.9 Å². The number of aryl methyl sites for hydroxylation is 1.